The van der Waals surface area contributed by atoms with Crippen LogP contribution in [0.5, 0.6) is 0 Å². The molecular formula is C17H18BrN5O2. The third-order valence-corrected chi connectivity index (χ3v) is 4.62. The van der Waals surface area contributed by atoms with Gasteiger partial charge < -0.3 is 15.1 Å². The topological polar surface area (TPSA) is 78.4 Å². The number of hydrogen-bond donors (Lipinski definition) is 1. The van der Waals surface area contributed by atoms with E-state index in [1.165, 1.54) is 0 Å². The molecule has 7 nitrogen and oxygen atoms in total. The maximum Gasteiger partial charge on any atom is 0.271 e. The average Bonchev–Trinajstić information content (AvgIpc) is 2.67. The van der Waals surface area contributed by atoms with Crippen molar-refractivity contribution in [3.05, 3.63) is 52.1 Å². The molecule has 1 aromatic carbocycles. The Labute approximate surface area is 154 Å². The number of halogens is 1. The Morgan fingerprint density at radius 1 is 1.00 bits per heavy atom. The Morgan fingerprint density at radius 2 is 1.68 bits per heavy atom. The zero-order valence-corrected chi connectivity index (χ0v) is 15.4. The van der Waals surface area contributed by atoms with Crippen LogP contribution in [-0.4, -0.2) is 60.1 Å². The number of hydrogen-bond acceptors (Lipinski definition) is 5. The summed E-state index contributed by atoms with van der Waals surface area (Å²) in [4.78, 5) is 27.9. The Hall–Kier alpha value is -2.48. The molecule has 0 saturated carbocycles. The Bertz CT molecular complexity index is 756. The molecule has 1 saturated heterocycles. The van der Waals surface area contributed by atoms with Gasteiger partial charge in [0, 0.05) is 43.3 Å². The molecule has 8 heteroatoms. The van der Waals surface area contributed by atoms with Crippen molar-refractivity contribution in [2.45, 2.75) is 0 Å². The lowest BCUT2D eigenvalue weighted by Gasteiger charge is -2.35. The standard InChI is InChI=1S/C17H18BrN5O2/c1-19-16(24)14-6-7-15(21-20-14)22-8-10-23(11-9-22)17(25)12-2-4-13(18)5-3-12/h2-7H,8-11H2,1H3,(H,19,24). The molecule has 3 rings (SSSR count). The Kier molecular flexibility index (Phi) is 5.28. The van der Waals surface area contributed by atoms with Gasteiger partial charge in [-0.1, -0.05) is 15.9 Å². The average molecular weight is 404 g/mol. The van der Waals surface area contributed by atoms with Gasteiger partial charge in [0.15, 0.2) is 11.5 Å². The quantitative estimate of drug-likeness (QED) is 0.840. The summed E-state index contributed by atoms with van der Waals surface area (Å²) < 4.78 is 0.952. The number of aromatic nitrogens is 2. The predicted molar refractivity (Wildman–Crippen MR) is 97.7 cm³/mol. The van der Waals surface area contributed by atoms with Crippen LogP contribution in [0.25, 0.3) is 0 Å². The molecule has 0 unspecified atom stereocenters. The first-order valence-corrected chi connectivity index (χ1v) is 8.73. The van der Waals surface area contributed by atoms with E-state index in [2.05, 4.69) is 36.3 Å². The highest BCUT2D eigenvalue weighted by molar-refractivity contribution is 9.10. The summed E-state index contributed by atoms with van der Waals surface area (Å²) in [6, 6.07) is 10.8. The lowest BCUT2D eigenvalue weighted by atomic mass is 10.2. The van der Waals surface area contributed by atoms with Crippen molar-refractivity contribution in [2.24, 2.45) is 0 Å². The van der Waals surface area contributed by atoms with E-state index in [4.69, 9.17) is 0 Å². The first-order chi connectivity index (χ1) is 12.1. The zero-order valence-electron chi connectivity index (χ0n) is 13.8. The highest BCUT2D eigenvalue weighted by Crippen LogP contribution is 2.16. The van der Waals surface area contributed by atoms with Gasteiger partial charge >= 0.3 is 0 Å². The van der Waals surface area contributed by atoms with Gasteiger partial charge in [-0.05, 0) is 36.4 Å². The van der Waals surface area contributed by atoms with Crippen molar-refractivity contribution in [2.75, 3.05) is 38.1 Å². The lowest BCUT2D eigenvalue weighted by molar-refractivity contribution is 0.0746. The molecule has 0 spiro atoms. The molecule has 0 aliphatic carbocycles. The second-order valence-corrected chi connectivity index (χ2v) is 6.56. The van der Waals surface area contributed by atoms with E-state index in [0.717, 1.165) is 4.47 Å². The Balaban J connectivity index is 1.60. The SMILES string of the molecule is CNC(=O)c1ccc(N2CCN(C(=O)c3ccc(Br)cc3)CC2)nn1. The van der Waals surface area contributed by atoms with E-state index in [9.17, 15) is 9.59 Å². The van der Waals surface area contributed by atoms with Crippen molar-refractivity contribution < 1.29 is 9.59 Å². The van der Waals surface area contributed by atoms with Gasteiger partial charge in [-0.25, -0.2) is 0 Å². The number of piperazine rings is 1. The maximum atomic E-state index is 12.5. The van der Waals surface area contributed by atoms with Gasteiger partial charge in [0.1, 0.15) is 0 Å². The molecule has 1 fully saturated rings. The fraction of sp³-hybridized carbons (Fsp3) is 0.294. The van der Waals surface area contributed by atoms with Gasteiger partial charge in [-0.3, -0.25) is 9.59 Å². The van der Waals surface area contributed by atoms with Gasteiger partial charge in [0.25, 0.3) is 11.8 Å². The number of benzene rings is 1. The summed E-state index contributed by atoms with van der Waals surface area (Å²) in [5, 5.41) is 10.6. The molecule has 2 aromatic rings. The zero-order chi connectivity index (χ0) is 17.8. The summed E-state index contributed by atoms with van der Waals surface area (Å²) in [5.74, 6) is 0.487. The number of carbonyl (C=O) groups excluding carboxylic acids is 2. The smallest absolute Gasteiger partial charge is 0.271 e. The minimum Gasteiger partial charge on any atom is -0.354 e. The maximum absolute atomic E-state index is 12.5. The molecule has 1 aromatic heterocycles. The first-order valence-electron chi connectivity index (χ1n) is 7.94. The van der Waals surface area contributed by atoms with Crippen molar-refractivity contribution in [1.29, 1.82) is 0 Å². The molecule has 1 aliphatic rings. The van der Waals surface area contributed by atoms with E-state index in [1.54, 1.807) is 19.2 Å². The molecule has 0 bridgehead atoms. The van der Waals surface area contributed by atoms with Crippen LogP contribution in [0.1, 0.15) is 20.8 Å². The Morgan fingerprint density at radius 3 is 2.24 bits per heavy atom. The fourth-order valence-electron chi connectivity index (χ4n) is 2.66. The second-order valence-electron chi connectivity index (χ2n) is 5.64. The van der Waals surface area contributed by atoms with E-state index in [0.29, 0.717) is 37.6 Å². The second kappa shape index (κ2) is 7.60. The molecule has 0 atom stereocenters. The van der Waals surface area contributed by atoms with Crippen LogP contribution in [0.15, 0.2) is 40.9 Å². The normalized spacial score (nSPS) is 14.3. The molecular weight excluding hydrogens is 386 g/mol. The van der Waals surface area contributed by atoms with Crippen LogP contribution in [0.3, 0.4) is 0 Å². The number of anilines is 1. The molecule has 0 radical (unpaired) electrons. The minimum atomic E-state index is -0.260. The van der Waals surface area contributed by atoms with E-state index in [-0.39, 0.29) is 17.5 Å². The van der Waals surface area contributed by atoms with E-state index in [1.807, 2.05) is 29.2 Å². The summed E-state index contributed by atoms with van der Waals surface area (Å²) in [7, 11) is 1.56. The molecule has 1 N–H and O–H groups in total. The third-order valence-electron chi connectivity index (χ3n) is 4.09. The van der Waals surface area contributed by atoms with Crippen molar-refractivity contribution >= 4 is 33.6 Å². The summed E-state index contributed by atoms with van der Waals surface area (Å²) in [6.07, 6.45) is 0. The van der Waals surface area contributed by atoms with Crippen molar-refractivity contribution in [3.63, 3.8) is 0 Å². The van der Waals surface area contributed by atoms with E-state index < -0.39 is 0 Å². The predicted octanol–water partition coefficient (Wildman–Crippen LogP) is 1.56. The molecule has 2 heterocycles. The summed E-state index contributed by atoms with van der Waals surface area (Å²) in [6.45, 7) is 2.59. The third kappa shape index (κ3) is 3.96. The van der Waals surface area contributed by atoms with Gasteiger partial charge in [0.05, 0.1) is 0 Å². The molecule has 130 valence electrons. The van der Waals surface area contributed by atoms with Crippen LogP contribution >= 0.6 is 15.9 Å². The van der Waals surface area contributed by atoms with Crippen molar-refractivity contribution in [3.8, 4) is 0 Å². The number of nitrogens with one attached hydrogen (secondary N) is 1. The highest BCUT2D eigenvalue weighted by atomic mass is 79.9. The van der Waals surface area contributed by atoms with Crippen LogP contribution in [0, 0.1) is 0 Å². The van der Waals surface area contributed by atoms with Crippen LogP contribution < -0.4 is 10.2 Å². The van der Waals surface area contributed by atoms with Gasteiger partial charge in [-0.2, -0.15) is 0 Å². The molecule has 1 aliphatic heterocycles. The van der Waals surface area contributed by atoms with Crippen LogP contribution in [0.2, 0.25) is 0 Å². The van der Waals surface area contributed by atoms with Crippen LogP contribution in [-0.2, 0) is 0 Å². The lowest BCUT2D eigenvalue weighted by Crippen LogP contribution is -2.49. The minimum absolute atomic E-state index is 0.0354. The first kappa shape index (κ1) is 17.3. The van der Waals surface area contributed by atoms with E-state index >= 15 is 0 Å². The highest BCUT2D eigenvalue weighted by Gasteiger charge is 2.23. The van der Waals surface area contributed by atoms with Crippen molar-refractivity contribution in [1.82, 2.24) is 20.4 Å². The summed E-state index contributed by atoms with van der Waals surface area (Å²) >= 11 is 3.37. The number of nitrogens with zero attached hydrogens (tertiary/aromatic N) is 4. The molecule has 25 heavy (non-hydrogen) atoms. The number of rotatable bonds is 3. The fourth-order valence-corrected chi connectivity index (χ4v) is 2.92. The van der Waals surface area contributed by atoms with Gasteiger partial charge in [0.2, 0.25) is 0 Å². The number of carbonyl (C=O) groups is 2. The molecule has 2 amide bonds. The largest absolute Gasteiger partial charge is 0.354 e. The number of amides is 2. The van der Waals surface area contributed by atoms with Crippen LogP contribution in [0.4, 0.5) is 5.82 Å². The monoisotopic (exact) mass is 403 g/mol. The summed E-state index contributed by atoms with van der Waals surface area (Å²) in [5.41, 5.74) is 0.974. The van der Waals surface area contributed by atoms with Gasteiger partial charge in [-0.15, -0.1) is 10.2 Å².